The van der Waals surface area contributed by atoms with Gasteiger partial charge < -0.3 is 4.74 Å². The smallest absolute Gasteiger partial charge is 0.416 e. The van der Waals surface area contributed by atoms with Crippen molar-refractivity contribution in [1.29, 1.82) is 0 Å². The van der Waals surface area contributed by atoms with Crippen LogP contribution in [-0.4, -0.2) is 11.1 Å². The van der Waals surface area contributed by atoms with Gasteiger partial charge >= 0.3 is 11.9 Å². The van der Waals surface area contributed by atoms with Crippen LogP contribution < -0.4 is 4.74 Å². The molecule has 3 rings (SSSR count). The van der Waals surface area contributed by atoms with Crippen molar-refractivity contribution in [3.05, 3.63) is 91.4 Å². The number of halogens is 4. The second-order valence-electron chi connectivity index (χ2n) is 6.75. The summed E-state index contributed by atoms with van der Waals surface area (Å²) in [6, 6.07) is 12.7. The van der Waals surface area contributed by atoms with E-state index in [4.69, 9.17) is 4.74 Å². The van der Waals surface area contributed by atoms with Crippen LogP contribution in [0.4, 0.5) is 24.5 Å². The van der Waals surface area contributed by atoms with E-state index in [9.17, 15) is 23.3 Å². The van der Waals surface area contributed by atoms with Crippen molar-refractivity contribution in [3.63, 3.8) is 0 Å². The van der Waals surface area contributed by atoms with Crippen molar-refractivity contribution >= 4 is 33.5 Å². The highest BCUT2D eigenvalue weighted by Crippen LogP contribution is 2.38. The van der Waals surface area contributed by atoms with Crippen LogP contribution in [0.2, 0.25) is 0 Å². The van der Waals surface area contributed by atoms with Crippen LogP contribution in [0, 0.1) is 24.0 Å². The Kier molecular flexibility index (Phi) is 6.45. The second-order valence-corrected chi connectivity index (χ2v) is 7.66. The molecule has 0 aliphatic heterocycles. The van der Waals surface area contributed by atoms with Crippen molar-refractivity contribution in [2.24, 2.45) is 4.99 Å². The molecule has 3 aromatic carbocycles. The molecule has 0 N–H and O–H groups in total. The predicted molar refractivity (Wildman–Crippen MR) is 115 cm³/mol. The fraction of sp³-hybridized carbons (Fsp3) is 0.136. The molecule has 0 aliphatic rings. The number of nitro benzene ring substituents is 1. The average Bonchev–Trinajstić information content (AvgIpc) is 2.69. The monoisotopic (exact) mass is 492 g/mol. The first-order valence-corrected chi connectivity index (χ1v) is 9.78. The normalized spacial score (nSPS) is 11.7. The molecular weight excluding hydrogens is 477 g/mol. The third-order valence-corrected chi connectivity index (χ3v) is 5.01. The lowest BCUT2D eigenvalue weighted by Gasteiger charge is -2.12. The van der Waals surface area contributed by atoms with Crippen molar-refractivity contribution < 1.29 is 22.8 Å². The number of nitrogens with zero attached hydrogens (tertiary/aromatic N) is 2. The van der Waals surface area contributed by atoms with Crippen molar-refractivity contribution in [3.8, 4) is 11.5 Å². The molecule has 0 amide bonds. The Morgan fingerprint density at radius 2 is 1.71 bits per heavy atom. The third kappa shape index (κ3) is 5.49. The largest absolute Gasteiger partial charge is 0.449 e. The molecule has 160 valence electrons. The van der Waals surface area contributed by atoms with Crippen molar-refractivity contribution in [1.82, 2.24) is 0 Å². The first kappa shape index (κ1) is 22.5. The molecule has 3 aromatic rings. The van der Waals surface area contributed by atoms with Gasteiger partial charge in [-0.1, -0.05) is 22.0 Å². The van der Waals surface area contributed by atoms with Crippen LogP contribution in [0.1, 0.15) is 22.3 Å². The Bertz CT molecular complexity index is 1180. The highest BCUT2D eigenvalue weighted by Gasteiger charge is 2.33. The average molecular weight is 493 g/mol. The number of aryl methyl sites for hydroxylation is 2. The molecule has 0 radical (unpaired) electrons. The van der Waals surface area contributed by atoms with Crippen LogP contribution in [0.25, 0.3) is 0 Å². The first-order chi connectivity index (χ1) is 14.5. The zero-order valence-corrected chi connectivity index (χ0v) is 18.0. The third-order valence-electron chi connectivity index (χ3n) is 4.52. The summed E-state index contributed by atoms with van der Waals surface area (Å²) in [5.41, 5.74) is 1.48. The van der Waals surface area contributed by atoms with E-state index in [-0.39, 0.29) is 11.5 Å². The maximum atomic E-state index is 12.9. The van der Waals surface area contributed by atoms with E-state index in [1.807, 2.05) is 32.0 Å². The predicted octanol–water partition coefficient (Wildman–Crippen LogP) is 7.54. The van der Waals surface area contributed by atoms with Crippen LogP contribution in [-0.2, 0) is 6.18 Å². The van der Waals surface area contributed by atoms with Gasteiger partial charge in [0.2, 0.25) is 5.75 Å². The van der Waals surface area contributed by atoms with E-state index in [0.717, 1.165) is 23.3 Å². The lowest BCUT2D eigenvalue weighted by Crippen LogP contribution is -2.06. The molecule has 0 bridgehead atoms. The molecule has 0 saturated carbocycles. The van der Waals surface area contributed by atoms with Gasteiger partial charge in [0.15, 0.2) is 0 Å². The molecule has 9 heteroatoms. The maximum absolute atomic E-state index is 12.9. The van der Waals surface area contributed by atoms with Crippen molar-refractivity contribution in [2.45, 2.75) is 20.0 Å². The fourth-order valence-corrected chi connectivity index (χ4v) is 3.08. The lowest BCUT2D eigenvalue weighted by atomic mass is 10.1. The summed E-state index contributed by atoms with van der Waals surface area (Å²) in [4.78, 5) is 14.8. The number of hydrogen-bond acceptors (Lipinski definition) is 4. The molecule has 0 spiro atoms. The van der Waals surface area contributed by atoms with Crippen LogP contribution >= 0.6 is 15.9 Å². The van der Waals surface area contributed by atoms with Gasteiger partial charge in [-0.3, -0.25) is 15.1 Å². The molecule has 0 heterocycles. The van der Waals surface area contributed by atoms with E-state index in [1.165, 1.54) is 6.21 Å². The fourth-order valence-electron chi connectivity index (χ4n) is 2.70. The van der Waals surface area contributed by atoms with E-state index in [2.05, 4.69) is 20.9 Å². The quantitative estimate of drug-likeness (QED) is 0.210. The van der Waals surface area contributed by atoms with Gasteiger partial charge in [0.1, 0.15) is 5.75 Å². The van der Waals surface area contributed by atoms with Gasteiger partial charge in [0.25, 0.3) is 0 Å². The van der Waals surface area contributed by atoms with E-state index < -0.39 is 22.4 Å². The molecule has 0 aliphatic carbocycles. The van der Waals surface area contributed by atoms with Gasteiger partial charge in [-0.05, 0) is 67.4 Å². The number of benzene rings is 3. The Balaban J connectivity index is 1.98. The van der Waals surface area contributed by atoms with Gasteiger partial charge in [0.05, 0.1) is 16.2 Å². The van der Waals surface area contributed by atoms with Gasteiger partial charge in [-0.25, -0.2) is 0 Å². The Hall–Kier alpha value is -3.20. The lowest BCUT2D eigenvalue weighted by molar-refractivity contribution is -0.385. The molecule has 0 atom stereocenters. The second kappa shape index (κ2) is 8.89. The summed E-state index contributed by atoms with van der Waals surface area (Å²) < 4.78 is 45.1. The molecule has 31 heavy (non-hydrogen) atoms. The molecule has 0 fully saturated rings. The Morgan fingerprint density at radius 1 is 1.00 bits per heavy atom. The number of rotatable bonds is 5. The molecular formula is C22H16BrF3N2O3. The highest BCUT2D eigenvalue weighted by atomic mass is 79.9. The Labute approximate surface area is 184 Å². The summed E-state index contributed by atoms with van der Waals surface area (Å²) >= 11 is 3.35. The maximum Gasteiger partial charge on any atom is 0.416 e. The van der Waals surface area contributed by atoms with Gasteiger partial charge in [0, 0.05) is 22.3 Å². The van der Waals surface area contributed by atoms with Gasteiger partial charge in [-0.15, -0.1) is 0 Å². The number of aliphatic imine (C=N–C) groups is 1. The zero-order chi connectivity index (χ0) is 22.8. The summed E-state index contributed by atoms with van der Waals surface area (Å²) in [7, 11) is 0. The summed E-state index contributed by atoms with van der Waals surface area (Å²) in [6.45, 7) is 3.95. The zero-order valence-electron chi connectivity index (χ0n) is 16.4. The molecule has 0 aromatic heterocycles. The minimum Gasteiger partial charge on any atom is -0.449 e. The van der Waals surface area contributed by atoms with E-state index >= 15 is 0 Å². The SMILES string of the molecule is Cc1ccc(N=Cc2cc(Br)ccc2Oc2ccc(C(F)(F)F)cc2[N+](=O)[O-])cc1C. The van der Waals surface area contributed by atoms with Gasteiger partial charge in [-0.2, -0.15) is 13.2 Å². The minimum atomic E-state index is -4.70. The summed E-state index contributed by atoms with van der Waals surface area (Å²) in [5.74, 6) is -0.0974. The number of nitro groups is 1. The Morgan fingerprint density at radius 3 is 2.35 bits per heavy atom. The molecule has 5 nitrogen and oxygen atoms in total. The highest BCUT2D eigenvalue weighted by molar-refractivity contribution is 9.10. The first-order valence-electron chi connectivity index (χ1n) is 8.99. The topological polar surface area (TPSA) is 64.7 Å². The number of ether oxygens (including phenoxy) is 1. The number of hydrogen-bond donors (Lipinski definition) is 0. The van der Waals surface area contributed by atoms with Crippen LogP contribution in [0.3, 0.4) is 0 Å². The molecule has 0 unspecified atom stereocenters. The summed E-state index contributed by atoms with van der Waals surface area (Å²) in [5, 5.41) is 11.3. The van der Waals surface area contributed by atoms with E-state index in [1.54, 1.807) is 18.2 Å². The van der Waals surface area contributed by atoms with Crippen LogP contribution in [0.15, 0.2) is 64.1 Å². The van der Waals surface area contributed by atoms with Crippen LogP contribution in [0.5, 0.6) is 11.5 Å². The standard InChI is InChI=1S/C22H16BrF3N2O3/c1-13-3-6-18(9-14(13)2)27-12-15-10-17(23)5-8-20(15)31-21-7-4-16(22(24,25)26)11-19(21)28(29)30/h3-12H,1-2H3. The number of alkyl halides is 3. The van der Waals surface area contributed by atoms with E-state index in [0.29, 0.717) is 21.8 Å². The van der Waals surface area contributed by atoms with Crippen molar-refractivity contribution in [2.75, 3.05) is 0 Å². The summed E-state index contributed by atoms with van der Waals surface area (Å²) in [6.07, 6.45) is -3.18. The molecule has 0 saturated heterocycles. The minimum absolute atomic E-state index is 0.207.